The van der Waals surface area contributed by atoms with E-state index in [2.05, 4.69) is 17.2 Å². The fraction of sp³-hybridized carbons (Fsp3) is 0.333. The summed E-state index contributed by atoms with van der Waals surface area (Å²) in [4.78, 5) is 22.4. The van der Waals surface area contributed by atoms with E-state index in [-0.39, 0.29) is 5.91 Å². The molecule has 0 radical (unpaired) electrons. The molecule has 8 heteroatoms. The number of alkyl halides is 3. The lowest BCUT2D eigenvalue weighted by Gasteiger charge is -2.25. The minimum atomic E-state index is -5.08. The third-order valence-electron chi connectivity index (χ3n) is 2.73. The molecule has 2 N–H and O–H groups in total. The van der Waals surface area contributed by atoms with Gasteiger partial charge in [0.2, 0.25) is 0 Å². The summed E-state index contributed by atoms with van der Waals surface area (Å²) in [6, 6.07) is 9.57. The van der Waals surface area contributed by atoms with E-state index in [1.54, 1.807) is 4.90 Å². The van der Waals surface area contributed by atoms with Crippen LogP contribution in [-0.4, -0.2) is 54.2 Å². The van der Waals surface area contributed by atoms with Gasteiger partial charge in [0.1, 0.15) is 0 Å². The van der Waals surface area contributed by atoms with Gasteiger partial charge in [-0.1, -0.05) is 24.1 Å². The van der Waals surface area contributed by atoms with Gasteiger partial charge in [-0.25, -0.2) is 4.79 Å². The van der Waals surface area contributed by atoms with Crippen LogP contribution in [0.5, 0.6) is 0 Å². The standard InChI is InChI=1S/C13H14N2O.C2HF3O2/c16-13(15-10-8-14-9-11-15)7-6-12-4-2-1-3-5-12;3-2(4,5)1(6)7/h1-5,14H,8-11H2;(H,6,7). The van der Waals surface area contributed by atoms with Crippen molar-refractivity contribution in [3.63, 3.8) is 0 Å². The minimum Gasteiger partial charge on any atom is -0.475 e. The van der Waals surface area contributed by atoms with Crippen LogP contribution in [0.4, 0.5) is 13.2 Å². The quantitative estimate of drug-likeness (QED) is 0.700. The first-order valence-electron chi connectivity index (χ1n) is 6.67. The second-order valence-electron chi connectivity index (χ2n) is 4.46. The number of amides is 1. The van der Waals surface area contributed by atoms with Crippen molar-refractivity contribution in [2.45, 2.75) is 6.18 Å². The lowest BCUT2D eigenvalue weighted by Crippen LogP contribution is -2.46. The third-order valence-corrected chi connectivity index (χ3v) is 2.73. The topological polar surface area (TPSA) is 69.6 Å². The number of hydrogen-bond acceptors (Lipinski definition) is 3. The van der Waals surface area contributed by atoms with Crippen LogP contribution in [0.1, 0.15) is 5.56 Å². The van der Waals surface area contributed by atoms with Gasteiger partial charge in [-0.3, -0.25) is 4.79 Å². The summed E-state index contributed by atoms with van der Waals surface area (Å²) >= 11 is 0. The number of carbonyl (C=O) groups excluding carboxylic acids is 1. The van der Waals surface area contributed by atoms with Gasteiger partial charge in [-0.15, -0.1) is 0 Å². The molecule has 0 saturated carbocycles. The molecule has 1 amide bonds. The Balaban J connectivity index is 0.000000322. The van der Waals surface area contributed by atoms with Crippen molar-refractivity contribution < 1.29 is 27.9 Å². The number of nitrogens with one attached hydrogen (secondary N) is 1. The Labute approximate surface area is 131 Å². The highest BCUT2D eigenvalue weighted by Gasteiger charge is 2.38. The summed E-state index contributed by atoms with van der Waals surface area (Å²) in [6.45, 7) is 3.22. The van der Waals surface area contributed by atoms with Crippen molar-refractivity contribution in [1.82, 2.24) is 10.2 Å². The molecule has 0 atom stereocenters. The van der Waals surface area contributed by atoms with Crippen molar-refractivity contribution in [3.8, 4) is 11.8 Å². The van der Waals surface area contributed by atoms with Crippen molar-refractivity contribution in [1.29, 1.82) is 0 Å². The molecule has 1 fully saturated rings. The molecule has 0 spiro atoms. The molecule has 1 aromatic carbocycles. The smallest absolute Gasteiger partial charge is 0.475 e. The van der Waals surface area contributed by atoms with Crippen molar-refractivity contribution in [3.05, 3.63) is 35.9 Å². The van der Waals surface area contributed by atoms with Crippen LogP contribution < -0.4 is 5.32 Å². The van der Waals surface area contributed by atoms with E-state index in [4.69, 9.17) is 9.90 Å². The largest absolute Gasteiger partial charge is 0.490 e. The molecule has 0 aromatic heterocycles. The number of aliphatic carboxylic acids is 1. The fourth-order valence-corrected chi connectivity index (χ4v) is 1.59. The van der Waals surface area contributed by atoms with E-state index in [9.17, 15) is 18.0 Å². The van der Waals surface area contributed by atoms with E-state index in [0.29, 0.717) is 0 Å². The number of carboxylic acid groups (broad SMARTS) is 1. The normalized spacial score (nSPS) is 14.0. The Morgan fingerprint density at radius 2 is 1.65 bits per heavy atom. The SMILES string of the molecule is O=C(C#Cc1ccccc1)N1CCNCC1.O=C(O)C(F)(F)F. The fourth-order valence-electron chi connectivity index (χ4n) is 1.59. The molecule has 0 bridgehead atoms. The van der Waals surface area contributed by atoms with Gasteiger partial charge < -0.3 is 15.3 Å². The number of halogens is 3. The lowest BCUT2D eigenvalue weighted by atomic mass is 10.2. The number of nitrogens with zero attached hydrogens (tertiary/aromatic N) is 1. The zero-order valence-corrected chi connectivity index (χ0v) is 12.1. The summed E-state index contributed by atoms with van der Waals surface area (Å²) in [5.74, 6) is 2.72. The monoisotopic (exact) mass is 328 g/mol. The molecule has 0 unspecified atom stereocenters. The molecule has 1 saturated heterocycles. The van der Waals surface area contributed by atoms with E-state index >= 15 is 0 Å². The van der Waals surface area contributed by atoms with Crippen LogP contribution in [-0.2, 0) is 9.59 Å². The Morgan fingerprint density at radius 1 is 1.13 bits per heavy atom. The number of carboxylic acids is 1. The molecule has 23 heavy (non-hydrogen) atoms. The van der Waals surface area contributed by atoms with Crippen molar-refractivity contribution in [2.75, 3.05) is 26.2 Å². The van der Waals surface area contributed by atoms with E-state index in [1.807, 2.05) is 30.3 Å². The van der Waals surface area contributed by atoms with Crippen molar-refractivity contribution in [2.24, 2.45) is 0 Å². The molecular formula is C15H15F3N2O3. The first kappa shape index (κ1) is 18.5. The summed E-state index contributed by atoms with van der Waals surface area (Å²) in [5.41, 5.74) is 0.881. The second-order valence-corrected chi connectivity index (χ2v) is 4.46. The van der Waals surface area contributed by atoms with Crippen LogP contribution in [0.25, 0.3) is 0 Å². The summed E-state index contributed by atoms with van der Waals surface area (Å²) in [6.07, 6.45) is -5.08. The molecule has 5 nitrogen and oxygen atoms in total. The maximum Gasteiger partial charge on any atom is 0.490 e. The summed E-state index contributed by atoms with van der Waals surface area (Å²) < 4.78 is 31.7. The predicted molar refractivity (Wildman–Crippen MR) is 76.5 cm³/mol. The first-order valence-corrected chi connectivity index (χ1v) is 6.67. The Kier molecular flexibility index (Phi) is 7.09. The molecule has 124 valence electrons. The molecular weight excluding hydrogens is 313 g/mol. The zero-order chi connectivity index (χ0) is 17.3. The third kappa shape index (κ3) is 7.33. The van der Waals surface area contributed by atoms with Gasteiger partial charge >= 0.3 is 12.1 Å². The Bertz CT molecular complexity index is 585. The summed E-state index contributed by atoms with van der Waals surface area (Å²) in [7, 11) is 0. The number of benzene rings is 1. The molecule has 1 aliphatic heterocycles. The molecule has 0 aliphatic carbocycles. The highest BCUT2D eigenvalue weighted by atomic mass is 19.4. The highest BCUT2D eigenvalue weighted by molar-refractivity contribution is 5.94. The van der Waals surface area contributed by atoms with Crippen LogP contribution in [0.2, 0.25) is 0 Å². The molecule has 1 aromatic rings. The maximum absolute atomic E-state index is 11.7. The number of piperazine rings is 1. The summed E-state index contributed by atoms with van der Waals surface area (Å²) in [5, 5.41) is 10.3. The minimum absolute atomic E-state index is 0.0784. The first-order chi connectivity index (χ1) is 10.8. The van der Waals surface area contributed by atoms with Crippen LogP contribution in [0, 0.1) is 11.8 Å². The lowest BCUT2D eigenvalue weighted by molar-refractivity contribution is -0.192. The van der Waals surface area contributed by atoms with Crippen LogP contribution in [0.3, 0.4) is 0 Å². The molecule has 2 rings (SSSR count). The zero-order valence-electron chi connectivity index (χ0n) is 12.1. The maximum atomic E-state index is 11.7. The molecule has 1 aliphatic rings. The van der Waals surface area contributed by atoms with Gasteiger partial charge in [0.25, 0.3) is 5.91 Å². The van der Waals surface area contributed by atoms with E-state index in [0.717, 1.165) is 31.7 Å². The highest BCUT2D eigenvalue weighted by Crippen LogP contribution is 2.13. The van der Waals surface area contributed by atoms with Gasteiger partial charge in [0.15, 0.2) is 0 Å². The Morgan fingerprint density at radius 3 is 2.13 bits per heavy atom. The van der Waals surface area contributed by atoms with Crippen LogP contribution >= 0.6 is 0 Å². The average Bonchev–Trinajstić information content (AvgIpc) is 2.54. The number of hydrogen-bond donors (Lipinski definition) is 2. The predicted octanol–water partition coefficient (Wildman–Crippen LogP) is 1.10. The van der Waals surface area contributed by atoms with Crippen LogP contribution in [0.15, 0.2) is 30.3 Å². The van der Waals surface area contributed by atoms with E-state index < -0.39 is 12.1 Å². The van der Waals surface area contributed by atoms with E-state index in [1.165, 1.54) is 0 Å². The van der Waals surface area contributed by atoms with Crippen molar-refractivity contribution >= 4 is 11.9 Å². The van der Waals surface area contributed by atoms with Gasteiger partial charge in [0.05, 0.1) is 0 Å². The number of rotatable bonds is 0. The second kappa shape index (κ2) is 8.80. The average molecular weight is 328 g/mol. The Hall–Kier alpha value is -2.53. The van der Waals surface area contributed by atoms with Gasteiger partial charge in [-0.05, 0) is 12.1 Å². The van der Waals surface area contributed by atoms with Gasteiger partial charge in [0, 0.05) is 37.7 Å². The molecule has 1 heterocycles. The number of carbonyl (C=O) groups is 2. The van der Waals surface area contributed by atoms with Gasteiger partial charge in [-0.2, -0.15) is 13.2 Å².